The lowest BCUT2D eigenvalue weighted by Crippen LogP contribution is -2.19. The Morgan fingerprint density at radius 1 is 1.33 bits per heavy atom. The highest BCUT2D eigenvalue weighted by molar-refractivity contribution is 5.83. The molecule has 0 heterocycles. The predicted octanol–water partition coefficient (Wildman–Crippen LogP) is 2.10. The van der Waals surface area contributed by atoms with Crippen LogP contribution in [0, 0.1) is 5.92 Å². The zero-order valence-electron chi connectivity index (χ0n) is 10.6. The van der Waals surface area contributed by atoms with Gasteiger partial charge in [0.05, 0.1) is 7.11 Å². The summed E-state index contributed by atoms with van der Waals surface area (Å²) in [5, 5.41) is 0. The molecule has 96 valence electrons. The number of benzene rings is 1. The lowest BCUT2D eigenvalue weighted by Gasteiger charge is -2.08. The minimum absolute atomic E-state index is 0.0262. The number of hydrogen-bond donors (Lipinski definition) is 1. The first-order chi connectivity index (χ1) is 8.69. The third-order valence-electron chi connectivity index (χ3n) is 3.35. The van der Waals surface area contributed by atoms with Crippen LogP contribution >= 0.6 is 0 Å². The summed E-state index contributed by atoms with van der Waals surface area (Å²) in [6, 6.07) is 7.90. The Labute approximate surface area is 108 Å². The Balaban J connectivity index is 1.83. The topological polar surface area (TPSA) is 52.3 Å². The van der Waals surface area contributed by atoms with Gasteiger partial charge in [-0.1, -0.05) is 24.3 Å². The molecule has 1 aliphatic rings. The molecule has 0 bridgehead atoms. The summed E-state index contributed by atoms with van der Waals surface area (Å²) in [5.41, 5.74) is 6.91. The second-order valence-corrected chi connectivity index (χ2v) is 4.71. The van der Waals surface area contributed by atoms with E-state index in [2.05, 4.69) is 0 Å². The van der Waals surface area contributed by atoms with Gasteiger partial charge in [0.2, 0.25) is 0 Å². The third-order valence-corrected chi connectivity index (χ3v) is 3.35. The van der Waals surface area contributed by atoms with E-state index in [9.17, 15) is 4.79 Å². The molecule has 0 saturated heterocycles. The number of methoxy groups -OCH3 is 1. The van der Waals surface area contributed by atoms with Crippen molar-refractivity contribution >= 4 is 5.78 Å². The van der Waals surface area contributed by atoms with Gasteiger partial charge >= 0.3 is 0 Å². The van der Waals surface area contributed by atoms with Crippen LogP contribution in [0.1, 0.15) is 18.4 Å². The molecule has 0 fully saturated rings. The van der Waals surface area contributed by atoms with Crippen molar-refractivity contribution in [2.45, 2.75) is 25.3 Å². The van der Waals surface area contributed by atoms with Crippen molar-refractivity contribution in [3.8, 4) is 5.75 Å². The van der Waals surface area contributed by atoms with Gasteiger partial charge in [0.15, 0.2) is 0 Å². The fraction of sp³-hybridized carbons (Fsp3) is 0.400. The Bertz CT molecular complexity index is 436. The van der Waals surface area contributed by atoms with Crippen molar-refractivity contribution in [2.24, 2.45) is 11.7 Å². The van der Waals surface area contributed by atoms with E-state index >= 15 is 0 Å². The number of ether oxygens (including phenoxy) is 1. The Morgan fingerprint density at radius 2 is 2.06 bits per heavy atom. The number of rotatable bonds is 5. The number of Topliss-reactive ketones (excluding diaryl/α,β-unsaturated/α-hetero) is 1. The van der Waals surface area contributed by atoms with Gasteiger partial charge < -0.3 is 10.5 Å². The summed E-state index contributed by atoms with van der Waals surface area (Å²) in [6.07, 6.45) is 5.99. The maximum Gasteiger partial charge on any atom is 0.140 e. The molecule has 18 heavy (non-hydrogen) atoms. The number of allylic oxidation sites excluding steroid dienone is 1. The molecular weight excluding hydrogens is 226 g/mol. The molecule has 2 N–H and O–H groups in total. The van der Waals surface area contributed by atoms with Crippen LogP contribution < -0.4 is 10.5 Å². The molecule has 0 aromatic heterocycles. The molecule has 0 amide bonds. The molecule has 0 saturated carbocycles. The van der Waals surface area contributed by atoms with Crippen LogP contribution in [0.15, 0.2) is 36.4 Å². The minimum atomic E-state index is 0.0262. The van der Waals surface area contributed by atoms with Gasteiger partial charge in [0.1, 0.15) is 11.5 Å². The zero-order valence-corrected chi connectivity index (χ0v) is 10.6. The van der Waals surface area contributed by atoms with Crippen LogP contribution in [0.5, 0.6) is 5.75 Å². The smallest absolute Gasteiger partial charge is 0.140 e. The largest absolute Gasteiger partial charge is 0.497 e. The summed E-state index contributed by atoms with van der Waals surface area (Å²) in [7, 11) is 1.65. The zero-order chi connectivity index (χ0) is 13.0. The van der Waals surface area contributed by atoms with Crippen molar-refractivity contribution in [3.63, 3.8) is 0 Å². The van der Waals surface area contributed by atoms with Crippen molar-refractivity contribution in [1.29, 1.82) is 0 Å². The van der Waals surface area contributed by atoms with E-state index in [1.807, 2.05) is 36.4 Å². The van der Waals surface area contributed by atoms with Crippen LogP contribution in [-0.2, 0) is 11.2 Å². The molecule has 2 rings (SSSR count). The van der Waals surface area contributed by atoms with E-state index in [-0.39, 0.29) is 17.7 Å². The standard InChI is InChI=1S/C15H19NO2/c1-18-14-7-2-11(3-8-14)4-9-15(17)12-5-6-13(16)10-12/h2-3,5-8,12-13H,4,9-10,16H2,1H3. The first-order valence-electron chi connectivity index (χ1n) is 6.28. The van der Waals surface area contributed by atoms with E-state index in [0.29, 0.717) is 6.42 Å². The summed E-state index contributed by atoms with van der Waals surface area (Å²) < 4.78 is 5.10. The molecule has 0 spiro atoms. The van der Waals surface area contributed by atoms with E-state index in [0.717, 1.165) is 24.2 Å². The maximum absolute atomic E-state index is 12.0. The molecule has 2 unspecified atom stereocenters. The Morgan fingerprint density at radius 3 is 2.61 bits per heavy atom. The first-order valence-corrected chi connectivity index (χ1v) is 6.28. The summed E-state index contributed by atoms with van der Waals surface area (Å²) >= 11 is 0. The monoisotopic (exact) mass is 245 g/mol. The average Bonchev–Trinajstić information content (AvgIpc) is 2.83. The van der Waals surface area contributed by atoms with Gasteiger partial charge in [-0.3, -0.25) is 4.79 Å². The molecule has 1 aliphatic carbocycles. The molecule has 2 atom stereocenters. The number of hydrogen-bond acceptors (Lipinski definition) is 3. The fourth-order valence-electron chi connectivity index (χ4n) is 2.21. The summed E-state index contributed by atoms with van der Waals surface area (Å²) in [6.45, 7) is 0. The van der Waals surface area contributed by atoms with Gasteiger partial charge in [0.25, 0.3) is 0 Å². The van der Waals surface area contributed by atoms with Crippen molar-refractivity contribution < 1.29 is 9.53 Å². The highest BCUT2D eigenvalue weighted by Gasteiger charge is 2.21. The molecule has 0 aliphatic heterocycles. The highest BCUT2D eigenvalue weighted by atomic mass is 16.5. The Hall–Kier alpha value is -1.61. The Kier molecular flexibility index (Phi) is 4.15. The lowest BCUT2D eigenvalue weighted by atomic mass is 9.97. The van der Waals surface area contributed by atoms with Crippen molar-refractivity contribution in [2.75, 3.05) is 7.11 Å². The summed E-state index contributed by atoms with van der Waals surface area (Å²) in [5.74, 6) is 1.16. The van der Waals surface area contributed by atoms with Crippen LogP contribution in [-0.4, -0.2) is 18.9 Å². The summed E-state index contributed by atoms with van der Waals surface area (Å²) in [4.78, 5) is 12.0. The lowest BCUT2D eigenvalue weighted by molar-refractivity contribution is -0.121. The van der Waals surface area contributed by atoms with Crippen molar-refractivity contribution in [3.05, 3.63) is 42.0 Å². The van der Waals surface area contributed by atoms with Gasteiger partial charge in [-0.15, -0.1) is 0 Å². The SMILES string of the molecule is COc1ccc(CCC(=O)C2C=CC(N)C2)cc1. The van der Waals surface area contributed by atoms with Gasteiger partial charge in [-0.05, 0) is 30.5 Å². The van der Waals surface area contributed by atoms with Crippen LogP contribution in [0.3, 0.4) is 0 Å². The predicted molar refractivity (Wildman–Crippen MR) is 71.5 cm³/mol. The second kappa shape index (κ2) is 5.83. The van der Waals surface area contributed by atoms with Gasteiger partial charge in [0, 0.05) is 18.4 Å². The van der Waals surface area contributed by atoms with E-state index in [1.165, 1.54) is 0 Å². The minimum Gasteiger partial charge on any atom is -0.497 e. The first kappa shape index (κ1) is 12.8. The van der Waals surface area contributed by atoms with E-state index < -0.39 is 0 Å². The van der Waals surface area contributed by atoms with Crippen molar-refractivity contribution in [1.82, 2.24) is 0 Å². The second-order valence-electron chi connectivity index (χ2n) is 4.71. The van der Waals surface area contributed by atoms with Gasteiger partial charge in [-0.25, -0.2) is 0 Å². The van der Waals surface area contributed by atoms with Crippen LogP contribution in [0.25, 0.3) is 0 Å². The van der Waals surface area contributed by atoms with E-state index in [4.69, 9.17) is 10.5 Å². The molecule has 3 nitrogen and oxygen atoms in total. The maximum atomic E-state index is 12.0. The highest BCUT2D eigenvalue weighted by Crippen LogP contribution is 2.20. The number of aryl methyl sites for hydroxylation is 1. The molecular formula is C15H19NO2. The third kappa shape index (κ3) is 3.20. The molecule has 3 heteroatoms. The number of carbonyl (C=O) groups excluding carboxylic acids is 1. The number of carbonyl (C=O) groups is 1. The fourth-order valence-corrected chi connectivity index (χ4v) is 2.21. The molecule has 0 radical (unpaired) electrons. The molecule has 1 aromatic rings. The van der Waals surface area contributed by atoms with Crippen LogP contribution in [0.4, 0.5) is 0 Å². The van der Waals surface area contributed by atoms with Crippen LogP contribution in [0.2, 0.25) is 0 Å². The number of ketones is 1. The molecule has 1 aromatic carbocycles. The normalized spacial score (nSPS) is 22.1. The average molecular weight is 245 g/mol. The van der Waals surface area contributed by atoms with E-state index in [1.54, 1.807) is 7.11 Å². The number of nitrogens with two attached hydrogens (primary N) is 1. The van der Waals surface area contributed by atoms with Gasteiger partial charge in [-0.2, -0.15) is 0 Å². The quantitative estimate of drug-likeness (QED) is 0.808.